The summed E-state index contributed by atoms with van der Waals surface area (Å²) < 4.78 is 5.26. The molecule has 2 fully saturated rings. The van der Waals surface area contributed by atoms with Crippen molar-refractivity contribution in [3.8, 4) is 12.3 Å². The highest BCUT2D eigenvalue weighted by atomic mass is 16.5. The van der Waals surface area contributed by atoms with Crippen molar-refractivity contribution in [3.63, 3.8) is 0 Å². The molecule has 2 unspecified atom stereocenters. The first-order valence-corrected chi connectivity index (χ1v) is 12.7. The topological polar surface area (TPSA) is 26.3 Å². The molecule has 0 aromatic rings. The Bertz CT molecular complexity index is 667. The molecule has 0 aliphatic heterocycles. The zero-order valence-corrected chi connectivity index (χ0v) is 19.4. The lowest BCUT2D eigenvalue weighted by molar-refractivity contribution is -0.136. The molecule has 0 N–H and O–H groups in total. The molecule has 30 heavy (non-hydrogen) atoms. The van der Waals surface area contributed by atoms with Crippen LogP contribution in [0.5, 0.6) is 0 Å². The number of methoxy groups -OCH3 is 1. The molecule has 0 spiro atoms. The molecular weight excluding hydrogens is 368 g/mol. The number of allylic oxidation sites excluding steroid dienone is 2. The van der Waals surface area contributed by atoms with Crippen molar-refractivity contribution < 1.29 is 9.53 Å². The molecular formula is C28H42O2. The monoisotopic (exact) mass is 410 g/mol. The Balaban J connectivity index is 2.03. The van der Waals surface area contributed by atoms with E-state index in [1.807, 2.05) is 0 Å². The maximum Gasteiger partial charge on any atom is 0.337 e. The maximum atomic E-state index is 12.9. The minimum absolute atomic E-state index is 0.163. The Morgan fingerprint density at radius 1 is 1.07 bits per heavy atom. The molecule has 3 aliphatic rings. The van der Waals surface area contributed by atoms with Gasteiger partial charge in [-0.1, -0.05) is 89.2 Å². The first-order chi connectivity index (χ1) is 14.7. The van der Waals surface area contributed by atoms with E-state index in [0.29, 0.717) is 17.8 Å². The van der Waals surface area contributed by atoms with E-state index in [1.54, 1.807) is 0 Å². The molecule has 0 aromatic carbocycles. The van der Waals surface area contributed by atoms with Crippen molar-refractivity contribution in [3.05, 3.63) is 23.3 Å². The minimum Gasteiger partial charge on any atom is -0.465 e. The fourth-order valence-electron chi connectivity index (χ4n) is 6.50. The van der Waals surface area contributed by atoms with Crippen LogP contribution in [0.15, 0.2) is 23.3 Å². The molecule has 0 saturated heterocycles. The maximum absolute atomic E-state index is 12.9. The van der Waals surface area contributed by atoms with E-state index < -0.39 is 0 Å². The van der Waals surface area contributed by atoms with Crippen molar-refractivity contribution in [1.82, 2.24) is 0 Å². The average Bonchev–Trinajstić information content (AvgIpc) is 2.82. The lowest BCUT2D eigenvalue weighted by atomic mass is 9.55. The second kappa shape index (κ2) is 11.2. The predicted molar refractivity (Wildman–Crippen MR) is 125 cm³/mol. The number of terminal acetylenes is 1. The van der Waals surface area contributed by atoms with Gasteiger partial charge >= 0.3 is 5.97 Å². The summed E-state index contributed by atoms with van der Waals surface area (Å²) in [6.07, 6.45) is 29.3. The predicted octanol–water partition coefficient (Wildman–Crippen LogP) is 7.39. The molecule has 166 valence electrons. The summed E-state index contributed by atoms with van der Waals surface area (Å²) in [5, 5.41) is 0. The second-order valence-corrected chi connectivity index (χ2v) is 9.90. The third-order valence-electron chi connectivity index (χ3n) is 8.03. The summed E-state index contributed by atoms with van der Waals surface area (Å²) in [5.74, 6) is 4.56. The van der Waals surface area contributed by atoms with Crippen LogP contribution in [-0.2, 0) is 9.53 Å². The van der Waals surface area contributed by atoms with E-state index in [4.69, 9.17) is 11.2 Å². The number of hydrogen-bond donors (Lipinski definition) is 0. The summed E-state index contributed by atoms with van der Waals surface area (Å²) in [6, 6.07) is 0. The molecule has 2 saturated carbocycles. The van der Waals surface area contributed by atoms with Gasteiger partial charge in [0.1, 0.15) is 0 Å². The van der Waals surface area contributed by atoms with Gasteiger partial charge in [-0.2, -0.15) is 0 Å². The van der Waals surface area contributed by atoms with Crippen LogP contribution < -0.4 is 0 Å². The molecule has 0 heterocycles. The average molecular weight is 411 g/mol. The van der Waals surface area contributed by atoms with Gasteiger partial charge in [0.2, 0.25) is 0 Å². The molecule has 0 bridgehead atoms. The fourth-order valence-corrected chi connectivity index (χ4v) is 6.50. The van der Waals surface area contributed by atoms with Gasteiger partial charge in [-0.05, 0) is 49.5 Å². The van der Waals surface area contributed by atoms with E-state index >= 15 is 0 Å². The number of rotatable bonds is 8. The smallest absolute Gasteiger partial charge is 0.337 e. The molecule has 0 radical (unpaired) electrons. The third-order valence-corrected chi connectivity index (χ3v) is 8.03. The normalized spacial score (nSPS) is 28.4. The van der Waals surface area contributed by atoms with Gasteiger partial charge in [-0.3, -0.25) is 0 Å². The van der Waals surface area contributed by atoms with Crippen molar-refractivity contribution in [2.24, 2.45) is 23.2 Å². The highest BCUT2D eigenvalue weighted by Crippen LogP contribution is 2.54. The van der Waals surface area contributed by atoms with Gasteiger partial charge in [0, 0.05) is 5.92 Å². The van der Waals surface area contributed by atoms with Crippen LogP contribution in [0.1, 0.15) is 103 Å². The van der Waals surface area contributed by atoms with E-state index in [0.717, 1.165) is 12.0 Å². The Morgan fingerprint density at radius 2 is 1.73 bits per heavy atom. The van der Waals surface area contributed by atoms with Crippen LogP contribution >= 0.6 is 0 Å². The van der Waals surface area contributed by atoms with Crippen molar-refractivity contribution in [2.75, 3.05) is 7.11 Å². The standard InChI is InChI=1S/C28H42O2/c1-4-6-7-14-20-28(5-2)21-19-24(27(29)30-3)25(22-15-10-8-11-16-22)26(28)23-17-12-9-13-18-23/h2,19,21-23,26H,4,6-18,20H2,1,3H3. The van der Waals surface area contributed by atoms with Crippen LogP contribution in [0.3, 0.4) is 0 Å². The molecule has 2 nitrogen and oxygen atoms in total. The number of esters is 1. The summed E-state index contributed by atoms with van der Waals surface area (Å²) in [4.78, 5) is 12.9. The van der Waals surface area contributed by atoms with Gasteiger partial charge in [0.05, 0.1) is 18.1 Å². The van der Waals surface area contributed by atoms with Gasteiger partial charge in [0.15, 0.2) is 0 Å². The summed E-state index contributed by atoms with van der Waals surface area (Å²) in [7, 11) is 1.52. The number of carbonyl (C=O) groups is 1. The van der Waals surface area contributed by atoms with Crippen LogP contribution in [0.4, 0.5) is 0 Å². The first kappa shape index (κ1) is 23.2. The lowest BCUT2D eigenvalue weighted by Crippen LogP contribution is -2.41. The van der Waals surface area contributed by atoms with E-state index in [1.165, 1.54) is 103 Å². The highest BCUT2D eigenvalue weighted by Gasteiger charge is 2.47. The third kappa shape index (κ3) is 5.04. The lowest BCUT2D eigenvalue weighted by Gasteiger charge is -2.47. The van der Waals surface area contributed by atoms with Gasteiger partial charge in [-0.25, -0.2) is 4.79 Å². The van der Waals surface area contributed by atoms with Crippen molar-refractivity contribution in [2.45, 2.75) is 103 Å². The largest absolute Gasteiger partial charge is 0.465 e. The Kier molecular flexibility index (Phi) is 8.67. The summed E-state index contributed by atoms with van der Waals surface area (Å²) >= 11 is 0. The second-order valence-electron chi connectivity index (χ2n) is 9.90. The molecule has 3 rings (SSSR count). The number of carbonyl (C=O) groups excluding carboxylic acids is 1. The van der Waals surface area contributed by atoms with Gasteiger partial charge < -0.3 is 4.74 Å². The van der Waals surface area contributed by atoms with Crippen molar-refractivity contribution in [1.29, 1.82) is 0 Å². The zero-order chi connectivity index (χ0) is 21.4. The SMILES string of the molecule is C#CC1(CCCCCC)C=CC(C(=O)OC)=C(C2CCCCC2)C1C1CCCCC1. The summed E-state index contributed by atoms with van der Waals surface area (Å²) in [5.41, 5.74) is 1.98. The first-order valence-electron chi connectivity index (χ1n) is 12.7. The van der Waals surface area contributed by atoms with E-state index in [9.17, 15) is 4.79 Å². The van der Waals surface area contributed by atoms with Crippen LogP contribution in [-0.4, -0.2) is 13.1 Å². The zero-order valence-electron chi connectivity index (χ0n) is 19.4. The van der Waals surface area contributed by atoms with Gasteiger partial charge in [0.25, 0.3) is 0 Å². The molecule has 0 aromatic heterocycles. The van der Waals surface area contributed by atoms with E-state index in [2.05, 4.69) is 25.0 Å². The van der Waals surface area contributed by atoms with E-state index in [-0.39, 0.29) is 11.4 Å². The number of unbranched alkanes of at least 4 members (excludes halogenated alkanes) is 3. The van der Waals surface area contributed by atoms with Gasteiger partial charge in [-0.15, -0.1) is 6.42 Å². The van der Waals surface area contributed by atoms with Crippen LogP contribution in [0, 0.1) is 35.5 Å². The molecule has 2 atom stereocenters. The molecule has 3 aliphatic carbocycles. The highest BCUT2D eigenvalue weighted by molar-refractivity contribution is 5.93. The summed E-state index contributed by atoms with van der Waals surface area (Å²) in [6.45, 7) is 2.26. The number of ether oxygens (including phenoxy) is 1. The molecule has 2 heteroatoms. The quantitative estimate of drug-likeness (QED) is 0.237. The Labute approximate surface area is 184 Å². The Morgan fingerprint density at radius 3 is 2.33 bits per heavy atom. The minimum atomic E-state index is -0.236. The Hall–Kier alpha value is -1.49. The van der Waals surface area contributed by atoms with Crippen LogP contribution in [0.2, 0.25) is 0 Å². The molecule has 0 amide bonds. The van der Waals surface area contributed by atoms with Crippen LogP contribution in [0.25, 0.3) is 0 Å². The number of hydrogen-bond acceptors (Lipinski definition) is 2. The fraction of sp³-hybridized carbons (Fsp3) is 0.750. The van der Waals surface area contributed by atoms with Crippen molar-refractivity contribution >= 4 is 5.97 Å².